The summed E-state index contributed by atoms with van der Waals surface area (Å²) in [7, 11) is 1.95. The van der Waals surface area contributed by atoms with Gasteiger partial charge in [0.05, 0.1) is 11.0 Å². The minimum Gasteiger partial charge on any atom is -0.326 e. The Morgan fingerprint density at radius 3 is 2.52 bits per heavy atom. The molecule has 0 aliphatic rings. The van der Waals surface area contributed by atoms with Gasteiger partial charge >= 0.3 is 0 Å². The SMILES string of the molecule is Cn1c(Nc2ccc(C(=O)NN)cc2)nc2ccccc21. The van der Waals surface area contributed by atoms with Gasteiger partial charge in [-0.15, -0.1) is 0 Å². The number of rotatable bonds is 3. The number of amides is 1. The van der Waals surface area contributed by atoms with Gasteiger partial charge in [0.25, 0.3) is 5.91 Å². The number of nitrogen functional groups attached to an aromatic ring is 1. The average molecular weight is 281 g/mol. The van der Waals surface area contributed by atoms with E-state index in [1.165, 1.54) is 0 Å². The van der Waals surface area contributed by atoms with E-state index in [9.17, 15) is 4.79 Å². The van der Waals surface area contributed by atoms with E-state index >= 15 is 0 Å². The zero-order chi connectivity index (χ0) is 14.8. The second-order valence-electron chi connectivity index (χ2n) is 4.66. The molecule has 0 saturated carbocycles. The first kappa shape index (κ1) is 13.1. The van der Waals surface area contributed by atoms with E-state index in [2.05, 4.69) is 15.7 Å². The largest absolute Gasteiger partial charge is 0.326 e. The molecule has 1 amide bonds. The van der Waals surface area contributed by atoms with Gasteiger partial charge in [0.1, 0.15) is 0 Å². The van der Waals surface area contributed by atoms with Crippen LogP contribution in [0.3, 0.4) is 0 Å². The fourth-order valence-corrected chi connectivity index (χ4v) is 2.17. The third kappa shape index (κ3) is 2.44. The van der Waals surface area contributed by atoms with Crippen LogP contribution in [0.1, 0.15) is 10.4 Å². The van der Waals surface area contributed by atoms with Crippen LogP contribution in [0.2, 0.25) is 0 Å². The Bertz CT molecular complexity index is 791. The van der Waals surface area contributed by atoms with E-state index in [1.807, 2.05) is 48.0 Å². The molecule has 0 fully saturated rings. The Hall–Kier alpha value is -2.86. The lowest BCUT2D eigenvalue weighted by Gasteiger charge is -2.07. The van der Waals surface area contributed by atoms with Crippen LogP contribution < -0.4 is 16.6 Å². The number of hydrogen-bond donors (Lipinski definition) is 3. The number of nitrogens with one attached hydrogen (secondary N) is 2. The van der Waals surface area contributed by atoms with Gasteiger partial charge in [-0.2, -0.15) is 0 Å². The summed E-state index contributed by atoms with van der Waals surface area (Å²) in [6, 6.07) is 14.9. The summed E-state index contributed by atoms with van der Waals surface area (Å²) in [5.41, 5.74) is 5.44. The molecule has 0 atom stereocenters. The number of aryl methyl sites for hydroxylation is 1. The molecular weight excluding hydrogens is 266 g/mol. The van der Waals surface area contributed by atoms with Crippen LogP contribution >= 0.6 is 0 Å². The van der Waals surface area contributed by atoms with Crippen LogP contribution in [0.25, 0.3) is 11.0 Å². The highest BCUT2D eigenvalue weighted by Gasteiger charge is 2.08. The topological polar surface area (TPSA) is 85.0 Å². The molecule has 0 aliphatic heterocycles. The number of para-hydroxylation sites is 2. The molecule has 1 heterocycles. The van der Waals surface area contributed by atoms with Crippen molar-refractivity contribution in [3.05, 3.63) is 54.1 Å². The first-order chi connectivity index (χ1) is 10.2. The molecule has 21 heavy (non-hydrogen) atoms. The van der Waals surface area contributed by atoms with Gasteiger partial charge in [-0.3, -0.25) is 10.2 Å². The first-order valence-corrected chi connectivity index (χ1v) is 6.48. The van der Waals surface area contributed by atoms with Crippen molar-refractivity contribution in [3.63, 3.8) is 0 Å². The fraction of sp³-hybridized carbons (Fsp3) is 0.0667. The number of aromatic nitrogens is 2. The second-order valence-corrected chi connectivity index (χ2v) is 4.66. The molecule has 3 aromatic rings. The number of anilines is 2. The van der Waals surface area contributed by atoms with Crippen molar-refractivity contribution in [1.29, 1.82) is 0 Å². The van der Waals surface area contributed by atoms with E-state index in [1.54, 1.807) is 12.1 Å². The zero-order valence-corrected chi connectivity index (χ0v) is 11.5. The maximum Gasteiger partial charge on any atom is 0.265 e. The van der Waals surface area contributed by atoms with Gasteiger partial charge in [0, 0.05) is 18.3 Å². The smallest absolute Gasteiger partial charge is 0.265 e. The minimum absolute atomic E-state index is 0.315. The molecule has 0 spiro atoms. The number of fused-ring (bicyclic) bond motifs is 1. The Morgan fingerprint density at radius 1 is 1.14 bits per heavy atom. The Kier molecular flexibility index (Phi) is 3.29. The van der Waals surface area contributed by atoms with Gasteiger partial charge in [0.2, 0.25) is 5.95 Å². The molecule has 6 heteroatoms. The lowest BCUT2D eigenvalue weighted by Crippen LogP contribution is -2.29. The molecular formula is C15H15N5O. The molecule has 0 unspecified atom stereocenters. The summed E-state index contributed by atoms with van der Waals surface area (Å²) >= 11 is 0. The number of hydrogen-bond acceptors (Lipinski definition) is 4. The number of nitrogens with two attached hydrogens (primary N) is 1. The van der Waals surface area contributed by atoms with Crippen LogP contribution in [-0.4, -0.2) is 15.5 Å². The number of nitrogens with zero attached hydrogens (tertiary/aromatic N) is 2. The summed E-state index contributed by atoms with van der Waals surface area (Å²) in [5, 5.41) is 3.23. The summed E-state index contributed by atoms with van der Waals surface area (Å²) < 4.78 is 1.98. The van der Waals surface area contributed by atoms with E-state index < -0.39 is 0 Å². The standard InChI is InChI=1S/C15H15N5O/c1-20-13-5-3-2-4-12(13)18-15(20)17-11-8-6-10(7-9-11)14(21)19-16/h2-9H,16H2,1H3,(H,17,18)(H,19,21). The molecule has 0 saturated heterocycles. The highest BCUT2D eigenvalue weighted by molar-refractivity contribution is 5.94. The van der Waals surface area contributed by atoms with Crippen molar-refractivity contribution < 1.29 is 4.79 Å². The molecule has 6 nitrogen and oxygen atoms in total. The van der Waals surface area contributed by atoms with Crippen LogP contribution in [0.15, 0.2) is 48.5 Å². The maximum atomic E-state index is 11.4. The zero-order valence-electron chi connectivity index (χ0n) is 11.5. The highest BCUT2D eigenvalue weighted by atomic mass is 16.2. The Balaban J connectivity index is 1.88. The van der Waals surface area contributed by atoms with Crippen LogP contribution in [-0.2, 0) is 7.05 Å². The Labute approximate surface area is 121 Å². The quantitative estimate of drug-likeness (QED) is 0.389. The third-order valence-corrected chi connectivity index (χ3v) is 3.32. The summed E-state index contributed by atoms with van der Waals surface area (Å²) in [6.07, 6.45) is 0. The van der Waals surface area contributed by atoms with Crippen molar-refractivity contribution >= 4 is 28.6 Å². The molecule has 106 valence electrons. The third-order valence-electron chi connectivity index (χ3n) is 3.32. The molecule has 0 aliphatic carbocycles. The van der Waals surface area contributed by atoms with Crippen LogP contribution in [0, 0.1) is 0 Å². The molecule has 3 rings (SSSR count). The van der Waals surface area contributed by atoms with Gasteiger partial charge in [-0.25, -0.2) is 10.8 Å². The molecule has 1 aromatic heterocycles. The lowest BCUT2D eigenvalue weighted by molar-refractivity contribution is 0.0953. The summed E-state index contributed by atoms with van der Waals surface area (Å²) in [6.45, 7) is 0. The molecule has 2 aromatic carbocycles. The average Bonchev–Trinajstić information content (AvgIpc) is 2.84. The van der Waals surface area contributed by atoms with E-state index in [4.69, 9.17) is 5.84 Å². The fourth-order valence-electron chi connectivity index (χ4n) is 2.17. The monoisotopic (exact) mass is 281 g/mol. The van der Waals surface area contributed by atoms with Crippen molar-refractivity contribution in [2.75, 3.05) is 5.32 Å². The first-order valence-electron chi connectivity index (χ1n) is 6.48. The van der Waals surface area contributed by atoms with E-state index in [0.717, 1.165) is 22.7 Å². The number of carbonyl (C=O) groups excluding carboxylic acids is 1. The Morgan fingerprint density at radius 2 is 1.86 bits per heavy atom. The van der Waals surface area contributed by atoms with Crippen LogP contribution in [0.4, 0.5) is 11.6 Å². The predicted molar refractivity (Wildman–Crippen MR) is 82.1 cm³/mol. The minimum atomic E-state index is -0.315. The normalized spacial score (nSPS) is 10.6. The molecule has 0 bridgehead atoms. The van der Waals surface area contributed by atoms with Crippen molar-refractivity contribution in [2.24, 2.45) is 12.9 Å². The van der Waals surface area contributed by atoms with E-state index in [-0.39, 0.29) is 5.91 Å². The maximum absolute atomic E-state index is 11.4. The van der Waals surface area contributed by atoms with Gasteiger partial charge in [-0.1, -0.05) is 12.1 Å². The van der Waals surface area contributed by atoms with Crippen molar-refractivity contribution in [1.82, 2.24) is 15.0 Å². The van der Waals surface area contributed by atoms with Crippen molar-refractivity contribution in [2.45, 2.75) is 0 Å². The number of carbonyl (C=O) groups is 1. The summed E-state index contributed by atoms with van der Waals surface area (Å²) in [5.74, 6) is 5.53. The molecule has 4 N–H and O–H groups in total. The number of hydrazine groups is 1. The van der Waals surface area contributed by atoms with E-state index in [0.29, 0.717) is 5.56 Å². The summed E-state index contributed by atoms with van der Waals surface area (Å²) in [4.78, 5) is 15.9. The second kappa shape index (κ2) is 5.26. The highest BCUT2D eigenvalue weighted by Crippen LogP contribution is 2.21. The van der Waals surface area contributed by atoms with Gasteiger partial charge in [0.15, 0.2) is 0 Å². The van der Waals surface area contributed by atoms with Crippen LogP contribution in [0.5, 0.6) is 0 Å². The number of benzene rings is 2. The van der Waals surface area contributed by atoms with Gasteiger partial charge in [-0.05, 0) is 36.4 Å². The van der Waals surface area contributed by atoms with Crippen molar-refractivity contribution in [3.8, 4) is 0 Å². The lowest BCUT2D eigenvalue weighted by atomic mass is 10.2. The number of imidazole rings is 1. The predicted octanol–water partition coefficient (Wildman–Crippen LogP) is 1.92. The van der Waals surface area contributed by atoms with Gasteiger partial charge < -0.3 is 9.88 Å². The molecule has 0 radical (unpaired) electrons.